The average molecular weight is 327 g/mol. The van der Waals surface area contributed by atoms with E-state index in [1.165, 1.54) is 24.3 Å². The first-order valence-electron chi connectivity index (χ1n) is 7.35. The lowest BCUT2D eigenvalue weighted by Crippen LogP contribution is -2.33. The molecule has 0 saturated heterocycles. The fraction of sp³-hybridized carbons (Fsp3) is 0.533. The maximum Gasteiger partial charge on any atom is 0.251 e. The van der Waals surface area contributed by atoms with Gasteiger partial charge < -0.3 is 10.2 Å². The second kappa shape index (κ2) is 8.26. The van der Waals surface area contributed by atoms with Crippen molar-refractivity contribution in [3.63, 3.8) is 0 Å². The van der Waals surface area contributed by atoms with Crippen molar-refractivity contribution in [1.29, 1.82) is 0 Å². The lowest BCUT2D eigenvalue weighted by Gasteiger charge is -2.14. The average Bonchev–Trinajstić information content (AvgIpc) is 2.45. The van der Waals surface area contributed by atoms with Gasteiger partial charge in [0, 0.05) is 24.7 Å². The fourth-order valence-electron chi connectivity index (χ4n) is 1.78. The van der Waals surface area contributed by atoms with Crippen LogP contribution < -0.4 is 10.0 Å². The normalized spacial score (nSPS) is 11.9. The number of benzene rings is 1. The van der Waals surface area contributed by atoms with E-state index in [1.54, 1.807) is 13.8 Å². The van der Waals surface area contributed by atoms with Crippen molar-refractivity contribution in [2.24, 2.45) is 0 Å². The molecule has 0 aromatic heterocycles. The van der Waals surface area contributed by atoms with Gasteiger partial charge in [-0.3, -0.25) is 4.79 Å². The molecule has 0 bridgehead atoms. The van der Waals surface area contributed by atoms with Crippen LogP contribution >= 0.6 is 0 Å². The molecule has 0 aliphatic carbocycles. The minimum atomic E-state index is -3.52. The molecule has 0 saturated carbocycles. The lowest BCUT2D eigenvalue weighted by atomic mass is 10.2. The Labute approximate surface area is 132 Å². The second-order valence-electron chi connectivity index (χ2n) is 5.45. The second-order valence-corrected chi connectivity index (χ2v) is 7.17. The van der Waals surface area contributed by atoms with Crippen molar-refractivity contribution >= 4 is 15.9 Å². The summed E-state index contributed by atoms with van der Waals surface area (Å²) in [6, 6.07) is 5.75. The third-order valence-electron chi connectivity index (χ3n) is 3.14. The van der Waals surface area contributed by atoms with E-state index in [0.717, 1.165) is 13.1 Å². The molecule has 1 aromatic rings. The van der Waals surface area contributed by atoms with Gasteiger partial charge in [0.05, 0.1) is 4.90 Å². The summed E-state index contributed by atoms with van der Waals surface area (Å²) in [6.07, 6.45) is 0. The number of rotatable bonds is 8. The Kier molecular flexibility index (Phi) is 6.99. The van der Waals surface area contributed by atoms with Crippen LogP contribution in [0.2, 0.25) is 0 Å². The van der Waals surface area contributed by atoms with Gasteiger partial charge in [-0.1, -0.05) is 6.92 Å². The minimum absolute atomic E-state index is 0.156. The fourth-order valence-corrected chi connectivity index (χ4v) is 3.04. The predicted molar refractivity (Wildman–Crippen MR) is 87.4 cm³/mol. The summed E-state index contributed by atoms with van der Waals surface area (Å²) in [5.41, 5.74) is 0.447. The molecule has 1 rings (SSSR count). The zero-order chi connectivity index (χ0) is 16.8. The number of likely N-dealkylation sites (N-methyl/N-ethyl adjacent to an activating group) is 1. The van der Waals surface area contributed by atoms with Crippen LogP contribution in [0.15, 0.2) is 29.2 Å². The van der Waals surface area contributed by atoms with Crippen LogP contribution in [0.3, 0.4) is 0 Å². The summed E-state index contributed by atoms with van der Waals surface area (Å²) in [4.78, 5) is 14.2. The minimum Gasteiger partial charge on any atom is -0.351 e. The molecule has 124 valence electrons. The molecular weight excluding hydrogens is 302 g/mol. The number of nitrogens with zero attached hydrogens (tertiary/aromatic N) is 1. The van der Waals surface area contributed by atoms with Gasteiger partial charge in [0.15, 0.2) is 0 Å². The molecule has 0 heterocycles. The molecule has 22 heavy (non-hydrogen) atoms. The van der Waals surface area contributed by atoms with Gasteiger partial charge in [0.2, 0.25) is 10.0 Å². The van der Waals surface area contributed by atoms with E-state index in [9.17, 15) is 13.2 Å². The number of amides is 1. The molecule has 0 unspecified atom stereocenters. The maximum absolute atomic E-state index is 12.0. The van der Waals surface area contributed by atoms with Crippen LogP contribution in [0.1, 0.15) is 31.1 Å². The number of sulfonamides is 1. The maximum atomic E-state index is 12.0. The van der Waals surface area contributed by atoms with Crippen molar-refractivity contribution in [3.8, 4) is 0 Å². The first kappa shape index (κ1) is 18.6. The number of hydrogen-bond donors (Lipinski definition) is 2. The summed E-state index contributed by atoms with van der Waals surface area (Å²) < 4.78 is 26.5. The number of carbonyl (C=O) groups is 1. The van der Waals surface area contributed by atoms with Crippen molar-refractivity contribution < 1.29 is 13.2 Å². The lowest BCUT2D eigenvalue weighted by molar-refractivity contribution is 0.0950. The molecule has 0 aliphatic heterocycles. The predicted octanol–water partition coefficient (Wildman–Crippen LogP) is 1.05. The molecule has 1 aromatic carbocycles. The number of nitrogens with one attached hydrogen (secondary N) is 2. The van der Waals surface area contributed by atoms with Crippen LogP contribution in [0.5, 0.6) is 0 Å². The topological polar surface area (TPSA) is 78.5 Å². The van der Waals surface area contributed by atoms with Gasteiger partial charge >= 0.3 is 0 Å². The summed E-state index contributed by atoms with van der Waals surface area (Å²) in [7, 11) is -1.54. The molecule has 0 fully saturated rings. The highest BCUT2D eigenvalue weighted by Crippen LogP contribution is 2.11. The first-order chi connectivity index (χ1) is 10.3. The highest BCUT2D eigenvalue weighted by molar-refractivity contribution is 7.89. The number of hydrogen-bond acceptors (Lipinski definition) is 4. The zero-order valence-corrected chi connectivity index (χ0v) is 14.4. The van der Waals surface area contributed by atoms with Gasteiger partial charge in [0.25, 0.3) is 5.91 Å². The molecule has 0 spiro atoms. The van der Waals surface area contributed by atoms with Crippen molar-refractivity contribution in [1.82, 2.24) is 14.9 Å². The SMILES string of the molecule is CCN(C)CCNC(=O)c1ccc(S(=O)(=O)NC(C)C)cc1. The highest BCUT2D eigenvalue weighted by atomic mass is 32.2. The molecule has 7 heteroatoms. The summed E-state index contributed by atoms with van der Waals surface area (Å²) in [5.74, 6) is -0.203. The van der Waals surface area contributed by atoms with Gasteiger partial charge in [-0.25, -0.2) is 13.1 Å². The monoisotopic (exact) mass is 327 g/mol. The Morgan fingerprint density at radius 1 is 1.23 bits per heavy atom. The van der Waals surface area contributed by atoms with E-state index in [1.807, 2.05) is 14.0 Å². The van der Waals surface area contributed by atoms with E-state index in [4.69, 9.17) is 0 Å². The van der Waals surface area contributed by atoms with E-state index in [0.29, 0.717) is 12.1 Å². The Bertz CT molecular complexity index is 583. The van der Waals surface area contributed by atoms with Crippen LogP contribution in [-0.4, -0.2) is 51.9 Å². The standard InChI is InChI=1S/C15H25N3O3S/c1-5-18(4)11-10-16-15(19)13-6-8-14(9-7-13)22(20,21)17-12(2)3/h6-9,12,17H,5,10-11H2,1-4H3,(H,16,19). The molecule has 1 amide bonds. The Hall–Kier alpha value is -1.44. The Morgan fingerprint density at radius 3 is 2.32 bits per heavy atom. The molecule has 2 N–H and O–H groups in total. The first-order valence-corrected chi connectivity index (χ1v) is 8.83. The molecule has 6 nitrogen and oxygen atoms in total. The van der Waals surface area contributed by atoms with Crippen molar-refractivity contribution in [3.05, 3.63) is 29.8 Å². The Morgan fingerprint density at radius 2 is 1.82 bits per heavy atom. The largest absolute Gasteiger partial charge is 0.351 e. The molecule has 0 radical (unpaired) electrons. The smallest absolute Gasteiger partial charge is 0.251 e. The Balaban J connectivity index is 2.66. The van der Waals surface area contributed by atoms with Gasteiger partial charge in [-0.2, -0.15) is 0 Å². The van der Waals surface area contributed by atoms with E-state index < -0.39 is 10.0 Å². The van der Waals surface area contributed by atoms with Crippen LogP contribution in [-0.2, 0) is 10.0 Å². The quantitative estimate of drug-likeness (QED) is 0.748. The van der Waals surface area contributed by atoms with Crippen molar-refractivity contribution in [2.75, 3.05) is 26.7 Å². The third kappa shape index (κ3) is 5.75. The van der Waals surface area contributed by atoms with Crippen LogP contribution in [0.4, 0.5) is 0 Å². The number of carbonyl (C=O) groups excluding carboxylic acids is 1. The highest BCUT2D eigenvalue weighted by Gasteiger charge is 2.15. The third-order valence-corrected chi connectivity index (χ3v) is 4.81. The molecule has 0 atom stereocenters. The zero-order valence-electron chi connectivity index (χ0n) is 13.6. The van der Waals surface area contributed by atoms with Gasteiger partial charge in [0.1, 0.15) is 0 Å². The van der Waals surface area contributed by atoms with Gasteiger partial charge in [-0.15, -0.1) is 0 Å². The van der Waals surface area contributed by atoms with Gasteiger partial charge in [-0.05, 0) is 51.7 Å². The van der Waals surface area contributed by atoms with E-state index >= 15 is 0 Å². The van der Waals surface area contributed by atoms with Crippen LogP contribution in [0.25, 0.3) is 0 Å². The molecule has 0 aliphatic rings. The summed E-state index contributed by atoms with van der Waals surface area (Å²) >= 11 is 0. The summed E-state index contributed by atoms with van der Waals surface area (Å²) in [5, 5.41) is 2.81. The van der Waals surface area contributed by atoms with Crippen molar-refractivity contribution in [2.45, 2.75) is 31.7 Å². The molecular formula is C15H25N3O3S. The van der Waals surface area contributed by atoms with E-state index in [2.05, 4.69) is 14.9 Å². The summed E-state index contributed by atoms with van der Waals surface area (Å²) in [6.45, 7) is 7.81. The van der Waals surface area contributed by atoms with E-state index in [-0.39, 0.29) is 16.8 Å². The van der Waals surface area contributed by atoms with Crippen LogP contribution in [0, 0.1) is 0 Å².